The van der Waals surface area contributed by atoms with Crippen LogP contribution >= 0.6 is 0 Å². The second-order valence-electron chi connectivity index (χ2n) is 8.66. The molecule has 2 unspecified atom stereocenters. The number of rotatable bonds is 8. The highest BCUT2D eigenvalue weighted by molar-refractivity contribution is 5.20. The van der Waals surface area contributed by atoms with Gasteiger partial charge in [-0.3, -0.25) is 0 Å². The van der Waals surface area contributed by atoms with Crippen LogP contribution in [0.1, 0.15) is 84.1 Å². The van der Waals surface area contributed by atoms with Crippen molar-refractivity contribution < 1.29 is 0 Å². The lowest BCUT2D eigenvalue weighted by atomic mass is 9.79. The van der Waals surface area contributed by atoms with Crippen molar-refractivity contribution in [3.05, 3.63) is 71.8 Å². The van der Waals surface area contributed by atoms with Gasteiger partial charge in [0.25, 0.3) is 0 Å². The Balaban J connectivity index is 1.93. The summed E-state index contributed by atoms with van der Waals surface area (Å²) in [5, 5.41) is 0. The molecule has 0 aliphatic heterocycles. The van der Waals surface area contributed by atoms with Crippen molar-refractivity contribution in [1.82, 2.24) is 0 Å². The third-order valence-electron chi connectivity index (χ3n) is 6.53. The molecule has 0 heteroatoms. The van der Waals surface area contributed by atoms with Crippen molar-refractivity contribution in [2.24, 2.45) is 17.8 Å². The molecule has 1 aliphatic rings. The van der Waals surface area contributed by atoms with E-state index in [9.17, 15) is 0 Å². The Labute approximate surface area is 168 Å². The predicted molar refractivity (Wildman–Crippen MR) is 121 cm³/mol. The van der Waals surface area contributed by atoms with Crippen LogP contribution in [0.3, 0.4) is 0 Å². The highest BCUT2D eigenvalue weighted by Crippen LogP contribution is 2.40. The minimum atomic E-state index is 0.598. The van der Waals surface area contributed by atoms with Gasteiger partial charge in [-0.05, 0) is 81.6 Å². The monoisotopic (exact) mass is 364 g/mol. The van der Waals surface area contributed by atoms with Crippen LogP contribution in [-0.4, -0.2) is 0 Å². The van der Waals surface area contributed by atoms with Gasteiger partial charge in [-0.2, -0.15) is 0 Å². The van der Waals surface area contributed by atoms with Crippen LogP contribution in [0.2, 0.25) is 0 Å². The normalized spacial score (nSPS) is 23.8. The summed E-state index contributed by atoms with van der Waals surface area (Å²) in [6.45, 7) is 13.5. The second kappa shape index (κ2) is 11.3. The molecule has 148 valence electrons. The third kappa shape index (κ3) is 6.83. The van der Waals surface area contributed by atoms with E-state index in [1.54, 1.807) is 11.1 Å². The Hall–Kier alpha value is -1.56. The Bertz CT molecular complexity index is 619. The first-order valence-electron chi connectivity index (χ1n) is 11.0. The van der Waals surface area contributed by atoms with Gasteiger partial charge in [0.15, 0.2) is 0 Å². The number of allylic oxidation sites excluding steroid dienone is 5. The van der Waals surface area contributed by atoms with Crippen LogP contribution in [0.25, 0.3) is 0 Å². The first kappa shape index (κ1) is 21.7. The van der Waals surface area contributed by atoms with E-state index in [0.717, 1.165) is 24.7 Å². The minimum absolute atomic E-state index is 0.598. The topological polar surface area (TPSA) is 0 Å². The molecule has 0 bridgehead atoms. The largest absolute Gasteiger partial charge is 0.0995 e. The van der Waals surface area contributed by atoms with Crippen LogP contribution < -0.4 is 0 Å². The fourth-order valence-corrected chi connectivity index (χ4v) is 4.93. The summed E-state index contributed by atoms with van der Waals surface area (Å²) in [5.41, 5.74) is 4.54. The van der Waals surface area contributed by atoms with Crippen molar-refractivity contribution in [1.29, 1.82) is 0 Å². The van der Waals surface area contributed by atoms with Gasteiger partial charge >= 0.3 is 0 Å². The molecule has 0 saturated heterocycles. The van der Waals surface area contributed by atoms with Gasteiger partial charge in [-0.1, -0.05) is 86.6 Å². The van der Waals surface area contributed by atoms with Gasteiger partial charge in [-0.25, -0.2) is 0 Å². The average molecular weight is 365 g/mol. The summed E-state index contributed by atoms with van der Waals surface area (Å²) < 4.78 is 0. The van der Waals surface area contributed by atoms with Gasteiger partial charge in [-0.15, -0.1) is 0 Å². The predicted octanol–water partition coefficient (Wildman–Crippen LogP) is 8.48. The zero-order valence-corrected chi connectivity index (χ0v) is 18.1. The van der Waals surface area contributed by atoms with E-state index in [4.69, 9.17) is 0 Å². The van der Waals surface area contributed by atoms with E-state index in [1.165, 1.54) is 37.7 Å². The summed E-state index contributed by atoms with van der Waals surface area (Å²) >= 11 is 0. The maximum absolute atomic E-state index is 4.39. The Kier molecular flexibility index (Phi) is 9.11. The summed E-state index contributed by atoms with van der Waals surface area (Å²) in [6, 6.07) is 11.2. The van der Waals surface area contributed by atoms with Crippen LogP contribution in [0.4, 0.5) is 0 Å². The van der Waals surface area contributed by atoms with Crippen molar-refractivity contribution >= 4 is 0 Å². The molecule has 2 rings (SSSR count). The summed E-state index contributed by atoms with van der Waals surface area (Å²) in [7, 11) is 0. The smallest absolute Gasteiger partial charge is 0.0108 e. The molecule has 1 aromatic rings. The highest BCUT2D eigenvalue weighted by Gasteiger charge is 2.25. The summed E-state index contributed by atoms with van der Waals surface area (Å²) in [5.74, 6) is 2.86. The number of hydrogen-bond acceptors (Lipinski definition) is 0. The lowest BCUT2D eigenvalue weighted by Crippen LogP contribution is -2.14. The van der Waals surface area contributed by atoms with Crippen LogP contribution in [0, 0.1) is 17.8 Å². The van der Waals surface area contributed by atoms with E-state index < -0.39 is 0 Å². The highest BCUT2D eigenvalue weighted by atomic mass is 14.3. The number of benzene rings is 1. The van der Waals surface area contributed by atoms with Gasteiger partial charge in [0.1, 0.15) is 0 Å². The average Bonchev–Trinajstić information content (AvgIpc) is 2.92. The fraction of sp³-hybridized carbons (Fsp3) is 0.556. The quantitative estimate of drug-likeness (QED) is 0.320. The second-order valence-corrected chi connectivity index (χ2v) is 8.66. The first-order chi connectivity index (χ1) is 13.0. The Morgan fingerprint density at radius 3 is 2.48 bits per heavy atom. The molecule has 1 aliphatic carbocycles. The molecule has 1 saturated carbocycles. The number of hydrogen-bond donors (Lipinski definition) is 0. The maximum atomic E-state index is 4.39. The Morgan fingerprint density at radius 1 is 1.07 bits per heavy atom. The molecule has 0 amide bonds. The van der Waals surface area contributed by atoms with Crippen LogP contribution in [0.5, 0.6) is 0 Å². The van der Waals surface area contributed by atoms with Crippen molar-refractivity contribution in [3.63, 3.8) is 0 Å². The molecule has 1 aromatic carbocycles. The SMILES string of the molecule is C=C(C/C(=C\C)C(C)[C@@H]1CCCC(c2ccccc2)CC1)C[C@H](C)/C=C/C. The maximum Gasteiger partial charge on any atom is -0.0108 e. The molecule has 0 heterocycles. The molecule has 0 nitrogen and oxygen atoms in total. The van der Waals surface area contributed by atoms with Gasteiger partial charge in [0.2, 0.25) is 0 Å². The third-order valence-corrected chi connectivity index (χ3v) is 6.53. The zero-order chi connectivity index (χ0) is 19.6. The van der Waals surface area contributed by atoms with E-state index in [1.807, 2.05) is 0 Å². The lowest BCUT2D eigenvalue weighted by molar-refractivity contribution is 0.352. The molecule has 0 radical (unpaired) electrons. The molecule has 27 heavy (non-hydrogen) atoms. The van der Waals surface area contributed by atoms with E-state index >= 15 is 0 Å². The van der Waals surface area contributed by atoms with Crippen molar-refractivity contribution in [2.75, 3.05) is 0 Å². The van der Waals surface area contributed by atoms with Gasteiger partial charge in [0, 0.05) is 0 Å². The molecule has 4 atom stereocenters. The summed E-state index contributed by atoms with van der Waals surface area (Å²) in [6.07, 6.45) is 15.8. The standard InChI is InChI=1S/C27H40/c1-6-12-21(3)19-22(4)20-24(7-2)23(5)25-15-11-16-27(18-17-25)26-13-9-8-10-14-26/h6-10,12-14,21,23,25,27H,4,11,15-20H2,1-3,5H3/b12-6+,24-7+/t21-,23?,25-,27?/m1/s1. The van der Waals surface area contributed by atoms with Crippen molar-refractivity contribution in [3.8, 4) is 0 Å². The molecular weight excluding hydrogens is 324 g/mol. The van der Waals surface area contributed by atoms with Crippen LogP contribution in [-0.2, 0) is 0 Å². The zero-order valence-electron chi connectivity index (χ0n) is 18.1. The van der Waals surface area contributed by atoms with E-state index in [0.29, 0.717) is 11.8 Å². The first-order valence-corrected chi connectivity index (χ1v) is 11.0. The fourth-order valence-electron chi connectivity index (χ4n) is 4.93. The minimum Gasteiger partial charge on any atom is -0.0995 e. The molecule has 0 aromatic heterocycles. The van der Waals surface area contributed by atoms with E-state index in [-0.39, 0.29) is 0 Å². The Morgan fingerprint density at radius 2 is 1.81 bits per heavy atom. The van der Waals surface area contributed by atoms with Crippen LogP contribution in [0.15, 0.2) is 66.3 Å². The van der Waals surface area contributed by atoms with E-state index in [2.05, 4.69) is 82.8 Å². The molecule has 0 spiro atoms. The molecule has 0 N–H and O–H groups in total. The molecular formula is C27H40. The van der Waals surface area contributed by atoms with Gasteiger partial charge < -0.3 is 0 Å². The van der Waals surface area contributed by atoms with Gasteiger partial charge in [0.05, 0.1) is 0 Å². The summed E-state index contributed by atoms with van der Waals surface area (Å²) in [4.78, 5) is 0. The lowest BCUT2D eigenvalue weighted by Gasteiger charge is -2.26. The van der Waals surface area contributed by atoms with Crippen molar-refractivity contribution in [2.45, 2.75) is 78.6 Å². The molecule has 1 fully saturated rings.